The van der Waals surface area contributed by atoms with Gasteiger partial charge in [0.15, 0.2) is 0 Å². The normalized spacial score (nSPS) is 10.6. The van der Waals surface area contributed by atoms with Gasteiger partial charge in [-0.25, -0.2) is 4.98 Å². The first kappa shape index (κ1) is 12.7. The Bertz CT molecular complexity index is 611. The number of nitro groups is 1. The summed E-state index contributed by atoms with van der Waals surface area (Å²) in [7, 11) is 0. The number of nitrogens with zero attached hydrogens (tertiary/aromatic N) is 3. The lowest BCUT2D eigenvalue weighted by molar-refractivity contribution is -0.384. The van der Waals surface area contributed by atoms with E-state index >= 15 is 0 Å². The maximum atomic E-state index is 10.8. The number of aryl methyl sites for hydroxylation is 1. The van der Waals surface area contributed by atoms with Crippen LogP contribution in [0.4, 0.5) is 11.5 Å². The molecular formula is C13H12N4O2. The van der Waals surface area contributed by atoms with Gasteiger partial charge in [0.1, 0.15) is 0 Å². The molecule has 0 radical (unpaired) electrons. The van der Waals surface area contributed by atoms with E-state index in [1.165, 1.54) is 6.07 Å². The molecule has 1 aromatic heterocycles. The van der Waals surface area contributed by atoms with E-state index in [2.05, 4.69) is 15.5 Å². The predicted molar refractivity (Wildman–Crippen MR) is 73.3 cm³/mol. The fraction of sp³-hybridized carbons (Fsp3) is 0.0769. The van der Waals surface area contributed by atoms with Gasteiger partial charge in [-0.3, -0.25) is 15.5 Å². The molecule has 0 atom stereocenters. The lowest BCUT2D eigenvalue weighted by Crippen LogP contribution is -2.00. The third kappa shape index (κ3) is 3.35. The highest BCUT2D eigenvalue weighted by Gasteiger charge is 2.14. The number of nitrogens with one attached hydrogen (secondary N) is 1. The Balaban J connectivity index is 2.17. The second-order valence-electron chi connectivity index (χ2n) is 3.86. The molecule has 1 aromatic carbocycles. The molecule has 0 unspecified atom stereocenters. The largest absolute Gasteiger partial charge is 0.313 e. The lowest BCUT2D eigenvalue weighted by atomic mass is 10.2. The molecule has 0 bridgehead atoms. The topological polar surface area (TPSA) is 80.4 Å². The quantitative estimate of drug-likeness (QED) is 0.518. The molecule has 0 aliphatic rings. The van der Waals surface area contributed by atoms with E-state index in [4.69, 9.17) is 0 Å². The Labute approximate surface area is 110 Å². The molecule has 2 aromatic rings. The monoisotopic (exact) mass is 256 g/mol. The minimum absolute atomic E-state index is 0.101. The van der Waals surface area contributed by atoms with Gasteiger partial charge in [0.05, 0.1) is 11.1 Å². The maximum Gasteiger partial charge on any atom is 0.313 e. The molecule has 0 saturated carbocycles. The van der Waals surface area contributed by atoms with Crippen molar-refractivity contribution in [2.75, 3.05) is 5.43 Å². The Kier molecular flexibility index (Phi) is 3.82. The standard InChI is InChI=1S/C13H12N4O2/c1-10-7-8-12(17(18)19)13(15-10)16-14-9-11-5-3-2-4-6-11/h2-9H,1H3,(H,15,16)/b14-9-. The SMILES string of the molecule is Cc1ccc([N+](=O)[O-])c(N/N=C\c2ccccc2)n1. The van der Waals surface area contributed by atoms with E-state index in [-0.39, 0.29) is 11.5 Å². The molecule has 0 amide bonds. The van der Waals surface area contributed by atoms with Crippen LogP contribution in [0.2, 0.25) is 0 Å². The molecule has 0 aliphatic carbocycles. The average molecular weight is 256 g/mol. The van der Waals surface area contributed by atoms with E-state index in [0.29, 0.717) is 5.69 Å². The Morgan fingerprint density at radius 3 is 2.68 bits per heavy atom. The van der Waals surface area contributed by atoms with Crippen LogP contribution in [0.1, 0.15) is 11.3 Å². The van der Waals surface area contributed by atoms with Crippen LogP contribution in [-0.4, -0.2) is 16.1 Å². The van der Waals surface area contributed by atoms with Gasteiger partial charge in [0, 0.05) is 11.8 Å². The Morgan fingerprint density at radius 2 is 2.00 bits per heavy atom. The second kappa shape index (κ2) is 5.72. The summed E-state index contributed by atoms with van der Waals surface area (Å²) in [5, 5.41) is 14.8. The van der Waals surface area contributed by atoms with Crippen molar-refractivity contribution < 1.29 is 4.92 Å². The highest BCUT2D eigenvalue weighted by atomic mass is 16.6. The molecule has 6 nitrogen and oxygen atoms in total. The van der Waals surface area contributed by atoms with Crippen molar-refractivity contribution in [3.63, 3.8) is 0 Å². The summed E-state index contributed by atoms with van der Waals surface area (Å²) in [5.41, 5.74) is 4.08. The number of benzene rings is 1. The van der Waals surface area contributed by atoms with Crippen molar-refractivity contribution >= 4 is 17.7 Å². The van der Waals surface area contributed by atoms with Crippen LogP contribution < -0.4 is 5.43 Å². The third-order valence-corrected chi connectivity index (χ3v) is 2.39. The third-order valence-electron chi connectivity index (χ3n) is 2.39. The Morgan fingerprint density at radius 1 is 1.26 bits per heavy atom. The summed E-state index contributed by atoms with van der Waals surface area (Å²) in [5.74, 6) is 0.136. The van der Waals surface area contributed by atoms with Crippen LogP contribution in [-0.2, 0) is 0 Å². The van der Waals surface area contributed by atoms with Gasteiger partial charge in [-0.1, -0.05) is 30.3 Å². The molecule has 0 spiro atoms. The number of hydrazone groups is 1. The van der Waals surface area contributed by atoms with Gasteiger partial charge in [-0.15, -0.1) is 0 Å². The molecule has 2 rings (SSSR count). The Hall–Kier alpha value is -2.76. The first-order valence-electron chi connectivity index (χ1n) is 5.63. The summed E-state index contributed by atoms with van der Waals surface area (Å²) in [6.07, 6.45) is 1.58. The number of aromatic nitrogens is 1. The predicted octanol–water partition coefficient (Wildman–Crippen LogP) is 2.74. The summed E-state index contributed by atoms with van der Waals surface area (Å²) in [6.45, 7) is 1.76. The van der Waals surface area contributed by atoms with Crippen molar-refractivity contribution in [3.8, 4) is 0 Å². The van der Waals surface area contributed by atoms with Crippen molar-refractivity contribution in [3.05, 3.63) is 63.8 Å². The summed E-state index contributed by atoms with van der Waals surface area (Å²) >= 11 is 0. The molecule has 96 valence electrons. The van der Waals surface area contributed by atoms with E-state index in [1.54, 1.807) is 19.2 Å². The zero-order valence-corrected chi connectivity index (χ0v) is 10.3. The van der Waals surface area contributed by atoms with Crippen molar-refractivity contribution in [2.45, 2.75) is 6.92 Å². The van der Waals surface area contributed by atoms with Gasteiger partial charge in [0.25, 0.3) is 0 Å². The van der Waals surface area contributed by atoms with Crippen LogP contribution in [0.25, 0.3) is 0 Å². The fourth-order valence-corrected chi connectivity index (χ4v) is 1.49. The average Bonchev–Trinajstić information content (AvgIpc) is 2.39. The van der Waals surface area contributed by atoms with Crippen molar-refractivity contribution in [1.29, 1.82) is 0 Å². The minimum Gasteiger partial charge on any atom is -0.258 e. The minimum atomic E-state index is -0.493. The van der Waals surface area contributed by atoms with Gasteiger partial charge < -0.3 is 0 Å². The number of pyridine rings is 1. The molecule has 0 aliphatic heterocycles. The lowest BCUT2D eigenvalue weighted by Gasteiger charge is -2.01. The zero-order chi connectivity index (χ0) is 13.7. The first-order chi connectivity index (χ1) is 9.16. The van der Waals surface area contributed by atoms with Crippen LogP contribution in [0, 0.1) is 17.0 Å². The molecule has 19 heavy (non-hydrogen) atoms. The summed E-state index contributed by atoms with van der Waals surface area (Å²) < 4.78 is 0. The van der Waals surface area contributed by atoms with Crippen molar-refractivity contribution in [2.24, 2.45) is 5.10 Å². The van der Waals surface area contributed by atoms with E-state index in [9.17, 15) is 10.1 Å². The van der Waals surface area contributed by atoms with Crippen LogP contribution in [0.15, 0.2) is 47.6 Å². The van der Waals surface area contributed by atoms with Crippen molar-refractivity contribution in [1.82, 2.24) is 4.98 Å². The van der Waals surface area contributed by atoms with Gasteiger partial charge in [-0.05, 0) is 18.6 Å². The number of hydrogen-bond acceptors (Lipinski definition) is 5. The summed E-state index contributed by atoms with van der Waals surface area (Å²) in [4.78, 5) is 14.4. The second-order valence-corrected chi connectivity index (χ2v) is 3.86. The number of anilines is 1. The summed E-state index contributed by atoms with van der Waals surface area (Å²) in [6, 6.07) is 12.4. The zero-order valence-electron chi connectivity index (χ0n) is 10.3. The maximum absolute atomic E-state index is 10.8. The first-order valence-corrected chi connectivity index (χ1v) is 5.63. The molecular weight excluding hydrogens is 244 g/mol. The van der Waals surface area contributed by atoms with Gasteiger partial charge in [-0.2, -0.15) is 5.10 Å². The van der Waals surface area contributed by atoms with E-state index in [1.807, 2.05) is 30.3 Å². The molecule has 0 saturated heterocycles. The van der Waals surface area contributed by atoms with E-state index < -0.39 is 4.92 Å². The smallest absolute Gasteiger partial charge is 0.258 e. The van der Waals surface area contributed by atoms with Gasteiger partial charge >= 0.3 is 5.69 Å². The molecule has 6 heteroatoms. The number of rotatable bonds is 4. The highest BCUT2D eigenvalue weighted by Crippen LogP contribution is 2.21. The fourth-order valence-electron chi connectivity index (χ4n) is 1.49. The van der Waals surface area contributed by atoms with Gasteiger partial charge in [0.2, 0.25) is 5.82 Å². The van der Waals surface area contributed by atoms with E-state index in [0.717, 1.165) is 5.56 Å². The van der Waals surface area contributed by atoms with Crippen LogP contribution >= 0.6 is 0 Å². The highest BCUT2D eigenvalue weighted by molar-refractivity contribution is 5.80. The number of hydrogen-bond donors (Lipinski definition) is 1. The molecule has 1 N–H and O–H groups in total. The van der Waals surface area contributed by atoms with Crippen LogP contribution in [0.3, 0.4) is 0 Å². The van der Waals surface area contributed by atoms with Crippen LogP contribution in [0.5, 0.6) is 0 Å². The molecule has 1 heterocycles. The molecule has 0 fully saturated rings.